The molecule has 2 heterocycles. The summed E-state index contributed by atoms with van der Waals surface area (Å²) in [5, 5.41) is 7.45. The van der Waals surface area contributed by atoms with E-state index in [-0.39, 0.29) is 0 Å². The lowest BCUT2D eigenvalue weighted by Gasteiger charge is -2.20. The first-order valence-corrected chi connectivity index (χ1v) is 7.27. The van der Waals surface area contributed by atoms with Gasteiger partial charge in [-0.25, -0.2) is 0 Å². The molecule has 0 saturated heterocycles. The van der Waals surface area contributed by atoms with Crippen molar-refractivity contribution in [3.63, 3.8) is 0 Å². The average molecular weight is 272 g/mol. The zero-order valence-electron chi connectivity index (χ0n) is 11.7. The summed E-state index contributed by atoms with van der Waals surface area (Å²) in [4.78, 5) is 8.56. The fourth-order valence-electron chi connectivity index (χ4n) is 3.00. The summed E-state index contributed by atoms with van der Waals surface area (Å²) in [6, 6.07) is 4.24. The molecule has 0 aromatic carbocycles. The first-order valence-electron chi connectivity index (χ1n) is 7.27. The molecule has 1 aliphatic carbocycles. The monoisotopic (exact) mass is 272 g/mol. The minimum absolute atomic E-state index is 0.430. The lowest BCUT2D eigenvalue weighted by atomic mass is 9.95. The Bertz CT molecular complexity index is 534. The van der Waals surface area contributed by atoms with E-state index in [1.807, 2.05) is 19.2 Å². The molecule has 1 aliphatic rings. The Hall–Kier alpha value is -1.75. The van der Waals surface area contributed by atoms with E-state index in [0.717, 1.165) is 17.9 Å². The zero-order valence-corrected chi connectivity index (χ0v) is 11.7. The Morgan fingerprint density at radius 1 is 1.40 bits per heavy atom. The third-order valence-corrected chi connectivity index (χ3v) is 4.12. The van der Waals surface area contributed by atoms with Crippen molar-refractivity contribution >= 4 is 0 Å². The van der Waals surface area contributed by atoms with Crippen LogP contribution in [0.4, 0.5) is 0 Å². The van der Waals surface area contributed by atoms with E-state index >= 15 is 0 Å². The Morgan fingerprint density at radius 3 is 2.95 bits per heavy atom. The van der Waals surface area contributed by atoms with Gasteiger partial charge in [0.1, 0.15) is 0 Å². The van der Waals surface area contributed by atoms with Crippen LogP contribution < -0.4 is 5.32 Å². The SMILES string of the molecule is CNC(Cc1nc(-c2cccnc2)no1)C1CCCC1. The number of hydrogen-bond acceptors (Lipinski definition) is 5. The van der Waals surface area contributed by atoms with Gasteiger partial charge in [-0.05, 0) is 37.9 Å². The molecule has 0 bridgehead atoms. The topological polar surface area (TPSA) is 63.8 Å². The maximum absolute atomic E-state index is 5.38. The highest BCUT2D eigenvalue weighted by atomic mass is 16.5. The number of pyridine rings is 1. The molecule has 0 radical (unpaired) electrons. The zero-order chi connectivity index (χ0) is 13.8. The Balaban J connectivity index is 1.70. The van der Waals surface area contributed by atoms with Crippen LogP contribution in [0.3, 0.4) is 0 Å². The predicted molar refractivity (Wildman–Crippen MR) is 76.0 cm³/mol. The van der Waals surface area contributed by atoms with E-state index < -0.39 is 0 Å². The normalized spacial score (nSPS) is 17.4. The van der Waals surface area contributed by atoms with E-state index in [0.29, 0.717) is 17.8 Å². The van der Waals surface area contributed by atoms with Gasteiger partial charge in [-0.2, -0.15) is 4.98 Å². The van der Waals surface area contributed by atoms with Crippen molar-refractivity contribution in [1.82, 2.24) is 20.4 Å². The molecule has 2 aromatic heterocycles. The highest BCUT2D eigenvalue weighted by molar-refractivity contribution is 5.51. The second kappa shape index (κ2) is 6.13. The molecule has 5 nitrogen and oxygen atoms in total. The van der Waals surface area contributed by atoms with Gasteiger partial charge in [0.15, 0.2) is 0 Å². The molecule has 20 heavy (non-hydrogen) atoms. The van der Waals surface area contributed by atoms with Gasteiger partial charge in [-0.15, -0.1) is 0 Å². The van der Waals surface area contributed by atoms with Gasteiger partial charge in [-0.1, -0.05) is 18.0 Å². The van der Waals surface area contributed by atoms with Crippen molar-refractivity contribution in [3.8, 4) is 11.4 Å². The van der Waals surface area contributed by atoms with Gasteiger partial charge in [0.25, 0.3) is 0 Å². The lowest BCUT2D eigenvalue weighted by Crippen LogP contribution is -2.34. The summed E-state index contributed by atoms with van der Waals surface area (Å²) in [6.07, 6.45) is 9.57. The van der Waals surface area contributed by atoms with Crippen LogP contribution in [-0.2, 0) is 6.42 Å². The van der Waals surface area contributed by atoms with Gasteiger partial charge in [0, 0.05) is 30.4 Å². The van der Waals surface area contributed by atoms with Gasteiger partial charge in [0.05, 0.1) is 0 Å². The molecule has 1 saturated carbocycles. The number of nitrogens with one attached hydrogen (secondary N) is 1. The molecular formula is C15H20N4O. The smallest absolute Gasteiger partial charge is 0.228 e. The molecule has 0 aliphatic heterocycles. The van der Waals surface area contributed by atoms with Crippen molar-refractivity contribution < 1.29 is 4.52 Å². The molecule has 1 atom stereocenters. The van der Waals surface area contributed by atoms with Crippen LogP contribution in [0.1, 0.15) is 31.6 Å². The summed E-state index contributed by atoms with van der Waals surface area (Å²) in [7, 11) is 2.02. The van der Waals surface area contributed by atoms with E-state index in [1.165, 1.54) is 25.7 Å². The van der Waals surface area contributed by atoms with Crippen LogP contribution in [0, 0.1) is 5.92 Å². The van der Waals surface area contributed by atoms with Crippen LogP contribution >= 0.6 is 0 Å². The van der Waals surface area contributed by atoms with E-state index in [2.05, 4.69) is 20.4 Å². The summed E-state index contributed by atoms with van der Waals surface area (Å²) < 4.78 is 5.38. The largest absolute Gasteiger partial charge is 0.339 e. The van der Waals surface area contributed by atoms with Crippen molar-refractivity contribution in [3.05, 3.63) is 30.4 Å². The second-order valence-corrected chi connectivity index (χ2v) is 5.40. The molecule has 2 aromatic rings. The highest BCUT2D eigenvalue weighted by Crippen LogP contribution is 2.29. The first-order chi connectivity index (χ1) is 9.86. The summed E-state index contributed by atoms with van der Waals surface area (Å²) >= 11 is 0. The van der Waals surface area contributed by atoms with E-state index in [9.17, 15) is 0 Å². The molecule has 1 unspecified atom stereocenters. The molecular weight excluding hydrogens is 252 g/mol. The second-order valence-electron chi connectivity index (χ2n) is 5.40. The van der Waals surface area contributed by atoms with Gasteiger partial charge < -0.3 is 9.84 Å². The maximum Gasteiger partial charge on any atom is 0.228 e. The highest BCUT2D eigenvalue weighted by Gasteiger charge is 2.25. The van der Waals surface area contributed by atoms with Crippen molar-refractivity contribution in [1.29, 1.82) is 0 Å². The molecule has 106 valence electrons. The minimum Gasteiger partial charge on any atom is -0.339 e. The number of likely N-dealkylation sites (N-methyl/N-ethyl adjacent to an activating group) is 1. The Labute approximate surface area is 118 Å². The van der Waals surface area contributed by atoms with Crippen LogP contribution in [0.2, 0.25) is 0 Å². The number of nitrogens with zero attached hydrogens (tertiary/aromatic N) is 3. The molecule has 3 rings (SSSR count). The standard InChI is InChI=1S/C15H20N4O/c1-16-13(11-5-2-3-6-11)9-14-18-15(19-20-14)12-7-4-8-17-10-12/h4,7-8,10-11,13,16H,2-3,5-6,9H2,1H3. The average Bonchev–Trinajstić information content (AvgIpc) is 3.17. The van der Waals surface area contributed by atoms with E-state index in [4.69, 9.17) is 4.52 Å². The third kappa shape index (κ3) is 2.88. The maximum atomic E-state index is 5.38. The van der Waals surface area contributed by atoms with Crippen LogP contribution in [-0.4, -0.2) is 28.2 Å². The first kappa shape index (κ1) is 13.2. The Morgan fingerprint density at radius 2 is 2.25 bits per heavy atom. The van der Waals surface area contributed by atoms with Gasteiger partial charge in [-0.3, -0.25) is 4.98 Å². The van der Waals surface area contributed by atoms with Crippen LogP contribution in [0.15, 0.2) is 29.0 Å². The summed E-state index contributed by atoms with van der Waals surface area (Å²) in [5.74, 6) is 2.05. The van der Waals surface area contributed by atoms with Crippen LogP contribution in [0.25, 0.3) is 11.4 Å². The van der Waals surface area contributed by atoms with E-state index in [1.54, 1.807) is 12.4 Å². The molecule has 1 fully saturated rings. The Kier molecular flexibility index (Phi) is 4.06. The minimum atomic E-state index is 0.430. The van der Waals surface area contributed by atoms with Crippen molar-refractivity contribution in [2.24, 2.45) is 5.92 Å². The fourth-order valence-corrected chi connectivity index (χ4v) is 3.00. The fraction of sp³-hybridized carbons (Fsp3) is 0.533. The van der Waals surface area contributed by atoms with Gasteiger partial charge in [0.2, 0.25) is 11.7 Å². The van der Waals surface area contributed by atoms with Crippen LogP contribution in [0.5, 0.6) is 0 Å². The molecule has 0 amide bonds. The molecule has 0 spiro atoms. The van der Waals surface area contributed by atoms with Gasteiger partial charge >= 0.3 is 0 Å². The number of aromatic nitrogens is 3. The third-order valence-electron chi connectivity index (χ3n) is 4.12. The summed E-state index contributed by atoms with van der Waals surface area (Å²) in [6.45, 7) is 0. The van der Waals surface area contributed by atoms with Crippen molar-refractivity contribution in [2.45, 2.75) is 38.1 Å². The summed E-state index contributed by atoms with van der Waals surface area (Å²) in [5.41, 5.74) is 0.893. The molecule has 1 N–H and O–H groups in total. The number of hydrogen-bond donors (Lipinski definition) is 1. The number of rotatable bonds is 5. The predicted octanol–water partition coefficient (Wildman–Crippen LogP) is 2.45. The quantitative estimate of drug-likeness (QED) is 0.905. The lowest BCUT2D eigenvalue weighted by molar-refractivity contribution is 0.318. The van der Waals surface area contributed by atoms with Crippen molar-refractivity contribution in [2.75, 3.05) is 7.05 Å². The molecule has 5 heteroatoms.